The first kappa shape index (κ1) is 15.4. The van der Waals surface area contributed by atoms with Gasteiger partial charge in [-0.3, -0.25) is 4.79 Å². The molecular formula is C19H15FN2O3. The third kappa shape index (κ3) is 2.55. The van der Waals surface area contributed by atoms with Crippen molar-refractivity contribution in [3.05, 3.63) is 71.2 Å². The summed E-state index contributed by atoms with van der Waals surface area (Å²) in [4.78, 5) is 29.1. The number of aliphatic carboxylic acids is 1. The SMILES string of the molecule is O=C(O)C1Cc2c([nH]c3ccccc23)CN1C(=O)c1cccc(F)c1. The summed E-state index contributed by atoms with van der Waals surface area (Å²) in [5.41, 5.74) is 2.80. The number of carbonyl (C=O) groups excluding carboxylic acids is 1. The zero-order valence-electron chi connectivity index (χ0n) is 13.2. The zero-order valence-corrected chi connectivity index (χ0v) is 13.2. The van der Waals surface area contributed by atoms with Crippen LogP contribution in [0.4, 0.5) is 4.39 Å². The number of aromatic nitrogens is 1. The highest BCUT2D eigenvalue weighted by Gasteiger charge is 2.36. The number of benzene rings is 2. The van der Waals surface area contributed by atoms with E-state index in [0.29, 0.717) is 0 Å². The normalized spacial score (nSPS) is 16.7. The molecule has 2 heterocycles. The molecule has 1 aliphatic rings. The molecule has 4 rings (SSSR count). The zero-order chi connectivity index (χ0) is 17.6. The molecule has 0 spiro atoms. The van der Waals surface area contributed by atoms with Crippen LogP contribution < -0.4 is 0 Å². The second kappa shape index (κ2) is 5.73. The summed E-state index contributed by atoms with van der Waals surface area (Å²) in [6, 6.07) is 12.0. The van der Waals surface area contributed by atoms with E-state index in [1.807, 2.05) is 24.3 Å². The number of aromatic amines is 1. The Labute approximate surface area is 142 Å². The summed E-state index contributed by atoms with van der Waals surface area (Å²) in [7, 11) is 0. The highest BCUT2D eigenvalue weighted by molar-refractivity contribution is 5.97. The van der Waals surface area contributed by atoms with Gasteiger partial charge in [-0.2, -0.15) is 0 Å². The molecule has 0 aliphatic carbocycles. The van der Waals surface area contributed by atoms with Crippen molar-refractivity contribution in [2.45, 2.75) is 19.0 Å². The van der Waals surface area contributed by atoms with Crippen LogP contribution in [0, 0.1) is 5.82 Å². The van der Waals surface area contributed by atoms with Gasteiger partial charge in [-0.15, -0.1) is 0 Å². The Morgan fingerprint density at radius 1 is 1.16 bits per heavy atom. The number of amides is 1. The summed E-state index contributed by atoms with van der Waals surface area (Å²) >= 11 is 0. The van der Waals surface area contributed by atoms with Crippen molar-refractivity contribution >= 4 is 22.8 Å². The lowest BCUT2D eigenvalue weighted by Gasteiger charge is -2.33. The van der Waals surface area contributed by atoms with Gasteiger partial charge in [-0.25, -0.2) is 9.18 Å². The minimum absolute atomic E-state index is 0.144. The maximum Gasteiger partial charge on any atom is 0.326 e. The molecule has 0 radical (unpaired) electrons. The number of rotatable bonds is 2. The maximum absolute atomic E-state index is 13.4. The molecule has 1 aliphatic heterocycles. The van der Waals surface area contributed by atoms with Gasteiger partial charge in [0.05, 0.1) is 6.54 Å². The Bertz CT molecular complexity index is 995. The van der Waals surface area contributed by atoms with Crippen LogP contribution in [0.1, 0.15) is 21.6 Å². The van der Waals surface area contributed by atoms with E-state index < -0.39 is 23.7 Å². The molecule has 1 amide bonds. The van der Waals surface area contributed by atoms with Crippen LogP contribution in [-0.4, -0.2) is 32.9 Å². The van der Waals surface area contributed by atoms with Gasteiger partial charge < -0.3 is 15.0 Å². The summed E-state index contributed by atoms with van der Waals surface area (Å²) < 4.78 is 13.4. The Morgan fingerprint density at radius 3 is 2.72 bits per heavy atom. The lowest BCUT2D eigenvalue weighted by molar-refractivity contribution is -0.142. The van der Waals surface area contributed by atoms with E-state index in [4.69, 9.17) is 0 Å². The van der Waals surface area contributed by atoms with Crippen LogP contribution in [0.15, 0.2) is 48.5 Å². The number of nitrogens with one attached hydrogen (secondary N) is 1. The predicted octanol–water partition coefficient (Wildman–Crippen LogP) is 2.96. The van der Waals surface area contributed by atoms with Crippen molar-refractivity contribution in [3.8, 4) is 0 Å². The summed E-state index contributed by atoms with van der Waals surface area (Å²) in [6.07, 6.45) is 0.218. The quantitative estimate of drug-likeness (QED) is 0.754. The first-order valence-corrected chi connectivity index (χ1v) is 7.92. The van der Waals surface area contributed by atoms with Gasteiger partial charge >= 0.3 is 5.97 Å². The second-order valence-corrected chi connectivity index (χ2v) is 6.13. The van der Waals surface area contributed by atoms with Crippen molar-refractivity contribution in [3.63, 3.8) is 0 Å². The number of hydrogen-bond acceptors (Lipinski definition) is 2. The van der Waals surface area contributed by atoms with Gasteiger partial charge in [-0.1, -0.05) is 24.3 Å². The van der Waals surface area contributed by atoms with Crippen LogP contribution in [0.2, 0.25) is 0 Å². The molecule has 0 saturated heterocycles. The number of carboxylic acid groups (broad SMARTS) is 1. The largest absolute Gasteiger partial charge is 0.480 e. The maximum atomic E-state index is 13.4. The Balaban J connectivity index is 1.77. The van der Waals surface area contributed by atoms with Crippen molar-refractivity contribution in [2.24, 2.45) is 0 Å². The lowest BCUT2D eigenvalue weighted by atomic mass is 9.96. The van der Waals surface area contributed by atoms with Crippen molar-refractivity contribution in [2.75, 3.05) is 0 Å². The number of H-pyrrole nitrogens is 1. The van der Waals surface area contributed by atoms with E-state index >= 15 is 0 Å². The fourth-order valence-corrected chi connectivity index (χ4v) is 3.43. The Hall–Kier alpha value is -3.15. The van der Waals surface area contributed by atoms with Crippen molar-refractivity contribution in [1.29, 1.82) is 0 Å². The van der Waals surface area contributed by atoms with E-state index in [1.54, 1.807) is 0 Å². The van der Waals surface area contributed by atoms with E-state index in [2.05, 4.69) is 4.98 Å². The summed E-state index contributed by atoms with van der Waals surface area (Å²) in [5, 5.41) is 10.6. The molecule has 126 valence electrons. The van der Waals surface area contributed by atoms with Gasteiger partial charge in [0, 0.05) is 28.6 Å². The molecule has 5 nitrogen and oxygen atoms in total. The fraction of sp³-hybridized carbons (Fsp3) is 0.158. The average Bonchev–Trinajstić information content (AvgIpc) is 2.97. The number of nitrogens with zero attached hydrogens (tertiary/aromatic N) is 1. The smallest absolute Gasteiger partial charge is 0.326 e. The molecule has 25 heavy (non-hydrogen) atoms. The van der Waals surface area contributed by atoms with Crippen LogP contribution in [0.5, 0.6) is 0 Å². The average molecular weight is 338 g/mol. The molecule has 2 aromatic carbocycles. The van der Waals surface area contributed by atoms with E-state index in [-0.39, 0.29) is 18.5 Å². The molecule has 0 bridgehead atoms. The Kier molecular flexibility index (Phi) is 3.53. The topological polar surface area (TPSA) is 73.4 Å². The monoisotopic (exact) mass is 338 g/mol. The number of fused-ring (bicyclic) bond motifs is 3. The molecule has 0 fully saturated rings. The molecule has 1 unspecified atom stereocenters. The number of para-hydroxylation sites is 1. The summed E-state index contributed by atoms with van der Waals surface area (Å²) in [6.45, 7) is 0.149. The molecule has 2 N–H and O–H groups in total. The molecule has 0 saturated carbocycles. The second-order valence-electron chi connectivity index (χ2n) is 6.13. The van der Waals surface area contributed by atoms with Gasteiger partial charge in [0.15, 0.2) is 0 Å². The van der Waals surface area contributed by atoms with E-state index in [0.717, 1.165) is 28.2 Å². The number of halogens is 1. The van der Waals surface area contributed by atoms with Gasteiger partial charge in [-0.05, 0) is 29.8 Å². The van der Waals surface area contributed by atoms with E-state index in [1.165, 1.54) is 23.1 Å². The molecule has 6 heteroatoms. The molecular weight excluding hydrogens is 323 g/mol. The minimum atomic E-state index is -1.07. The third-order valence-electron chi connectivity index (χ3n) is 4.62. The molecule has 1 atom stereocenters. The fourth-order valence-electron chi connectivity index (χ4n) is 3.43. The minimum Gasteiger partial charge on any atom is -0.480 e. The Morgan fingerprint density at radius 2 is 1.96 bits per heavy atom. The standard InChI is InChI=1S/C19H15FN2O3/c20-12-5-3-4-11(8-12)18(23)22-10-16-14(9-17(22)19(24)25)13-6-1-2-7-15(13)21-16/h1-8,17,21H,9-10H2,(H,24,25). The molecule has 1 aromatic heterocycles. The van der Waals surface area contributed by atoms with E-state index in [9.17, 15) is 19.1 Å². The van der Waals surface area contributed by atoms with Crippen molar-refractivity contribution < 1.29 is 19.1 Å². The third-order valence-corrected chi connectivity index (χ3v) is 4.62. The predicted molar refractivity (Wildman–Crippen MR) is 89.7 cm³/mol. The number of hydrogen-bond donors (Lipinski definition) is 2. The van der Waals surface area contributed by atoms with Gasteiger partial charge in [0.1, 0.15) is 11.9 Å². The lowest BCUT2D eigenvalue weighted by Crippen LogP contribution is -2.48. The highest BCUT2D eigenvalue weighted by Crippen LogP contribution is 2.31. The summed E-state index contributed by atoms with van der Waals surface area (Å²) in [5.74, 6) is -2.09. The van der Waals surface area contributed by atoms with Crippen LogP contribution in [-0.2, 0) is 17.8 Å². The first-order chi connectivity index (χ1) is 12.0. The van der Waals surface area contributed by atoms with Crippen LogP contribution >= 0.6 is 0 Å². The number of carbonyl (C=O) groups is 2. The molecule has 3 aromatic rings. The van der Waals surface area contributed by atoms with Crippen LogP contribution in [0.25, 0.3) is 10.9 Å². The first-order valence-electron chi connectivity index (χ1n) is 7.92. The number of carboxylic acids is 1. The van der Waals surface area contributed by atoms with Crippen LogP contribution in [0.3, 0.4) is 0 Å². The van der Waals surface area contributed by atoms with Gasteiger partial charge in [0.25, 0.3) is 5.91 Å². The van der Waals surface area contributed by atoms with Crippen molar-refractivity contribution in [1.82, 2.24) is 9.88 Å². The van der Waals surface area contributed by atoms with Gasteiger partial charge in [0.2, 0.25) is 0 Å². The highest BCUT2D eigenvalue weighted by atomic mass is 19.1.